The van der Waals surface area contributed by atoms with Gasteiger partial charge in [-0.25, -0.2) is 4.39 Å². The standard InChI is InChI=1S/C12H17FN2O/c1-3-9(7-14)12(16)15-11-5-4-8(2)6-10(11)13/h4-6,9H,3,7,14H2,1-2H3,(H,15,16). The van der Waals surface area contributed by atoms with E-state index in [-0.39, 0.29) is 24.1 Å². The maximum absolute atomic E-state index is 13.4. The average molecular weight is 224 g/mol. The highest BCUT2D eigenvalue weighted by atomic mass is 19.1. The molecule has 3 N–H and O–H groups in total. The number of nitrogens with one attached hydrogen (secondary N) is 1. The highest BCUT2D eigenvalue weighted by Gasteiger charge is 2.15. The Labute approximate surface area is 94.8 Å². The molecule has 0 aromatic heterocycles. The molecule has 1 unspecified atom stereocenters. The average Bonchev–Trinajstić information content (AvgIpc) is 2.24. The molecule has 1 aromatic carbocycles. The second-order valence-corrected chi connectivity index (χ2v) is 3.81. The van der Waals surface area contributed by atoms with Crippen LogP contribution < -0.4 is 11.1 Å². The van der Waals surface area contributed by atoms with Crippen molar-refractivity contribution >= 4 is 11.6 Å². The molecule has 1 rings (SSSR count). The molecule has 0 heterocycles. The maximum atomic E-state index is 13.4. The Bertz CT molecular complexity index is 375. The van der Waals surface area contributed by atoms with Gasteiger partial charge >= 0.3 is 0 Å². The van der Waals surface area contributed by atoms with Gasteiger partial charge in [-0.05, 0) is 31.0 Å². The van der Waals surface area contributed by atoms with E-state index in [1.165, 1.54) is 6.07 Å². The number of aryl methyl sites for hydroxylation is 1. The van der Waals surface area contributed by atoms with Crippen LogP contribution in [0.4, 0.5) is 10.1 Å². The van der Waals surface area contributed by atoms with Crippen LogP contribution in [0.3, 0.4) is 0 Å². The number of carbonyl (C=O) groups excluding carboxylic acids is 1. The smallest absolute Gasteiger partial charge is 0.228 e. The summed E-state index contributed by atoms with van der Waals surface area (Å²) in [7, 11) is 0. The minimum atomic E-state index is -0.416. The van der Waals surface area contributed by atoms with Gasteiger partial charge in [-0.1, -0.05) is 13.0 Å². The minimum absolute atomic E-state index is 0.211. The first kappa shape index (κ1) is 12.6. The molecule has 0 bridgehead atoms. The maximum Gasteiger partial charge on any atom is 0.228 e. The molecule has 0 aliphatic carbocycles. The summed E-state index contributed by atoms with van der Waals surface area (Å²) in [5.74, 6) is -0.909. The van der Waals surface area contributed by atoms with E-state index in [0.29, 0.717) is 6.42 Å². The SMILES string of the molecule is CCC(CN)C(=O)Nc1ccc(C)cc1F. The van der Waals surface area contributed by atoms with Crippen molar-refractivity contribution in [2.24, 2.45) is 11.7 Å². The van der Waals surface area contributed by atoms with Gasteiger partial charge in [0, 0.05) is 6.54 Å². The molecule has 0 saturated heterocycles. The zero-order chi connectivity index (χ0) is 12.1. The lowest BCUT2D eigenvalue weighted by molar-refractivity contribution is -0.119. The van der Waals surface area contributed by atoms with Crippen LogP contribution in [0.15, 0.2) is 18.2 Å². The lowest BCUT2D eigenvalue weighted by atomic mass is 10.1. The van der Waals surface area contributed by atoms with Crippen LogP contribution in [-0.2, 0) is 4.79 Å². The number of amides is 1. The third-order valence-electron chi connectivity index (χ3n) is 2.53. The van der Waals surface area contributed by atoms with E-state index in [1.807, 2.05) is 6.92 Å². The number of benzene rings is 1. The van der Waals surface area contributed by atoms with Crippen LogP contribution in [0, 0.1) is 18.7 Å². The van der Waals surface area contributed by atoms with Gasteiger partial charge in [0.25, 0.3) is 0 Å². The number of halogens is 1. The van der Waals surface area contributed by atoms with Crippen LogP contribution in [0.5, 0.6) is 0 Å². The van der Waals surface area contributed by atoms with Gasteiger partial charge in [0.05, 0.1) is 11.6 Å². The quantitative estimate of drug-likeness (QED) is 0.822. The van der Waals surface area contributed by atoms with Crippen LogP contribution in [0.25, 0.3) is 0 Å². The number of rotatable bonds is 4. The highest BCUT2D eigenvalue weighted by Crippen LogP contribution is 2.16. The van der Waals surface area contributed by atoms with Gasteiger partial charge in [-0.15, -0.1) is 0 Å². The van der Waals surface area contributed by atoms with Crippen LogP contribution in [0.2, 0.25) is 0 Å². The van der Waals surface area contributed by atoms with E-state index in [9.17, 15) is 9.18 Å². The predicted octanol–water partition coefficient (Wildman–Crippen LogP) is 2.06. The van der Waals surface area contributed by atoms with Crippen molar-refractivity contribution in [3.05, 3.63) is 29.6 Å². The molecule has 4 heteroatoms. The zero-order valence-corrected chi connectivity index (χ0v) is 9.59. The summed E-state index contributed by atoms with van der Waals surface area (Å²) >= 11 is 0. The summed E-state index contributed by atoms with van der Waals surface area (Å²) in [5, 5.41) is 2.55. The molecule has 0 saturated carbocycles. The van der Waals surface area contributed by atoms with E-state index in [2.05, 4.69) is 5.32 Å². The first-order chi connectivity index (χ1) is 7.58. The normalized spacial score (nSPS) is 12.2. The first-order valence-electron chi connectivity index (χ1n) is 5.35. The molecular formula is C12H17FN2O. The third-order valence-corrected chi connectivity index (χ3v) is 2.53. The first-order valence-corrected chi connectivity index (χ1v) is 5.35. The lowest BCUT2D eigenvalue weighted by Crippen LogP contribution is -2.28. The van der Waals surface area contributed by atoms with Crippen molar-refractivity contribution in [1.29, 1.82) is 0 Å². The van der Waals surface area contributed by atoms with E-state index in [4.69, 9.17) is 5.73 Å². The summed E-state index contributed by atoms with van der Waals surface area (Å²) in [4.78, 5) is 11.7. The lowest BCUT2D eigenvalue weighted by Gasteiger charge is -2.13. The van der Waals surface area contributed by atoms with Crippen molar-refractivity contribution < 1.29 is 9.18 Å². The topological polar surface area (TPSA) is 55.1 Å². The van der Waals surface area contributed by atoms with Gasteiger partial charge in [-0.2, -0.15) is 0 Å². The fourth-order valence-electron chi connectivity index (χ4n) is 1.42. The number of carbonyl (C=O) groups is 1. The molecule has 1 aromatic rings. The van der Waals surface area contributed by atoms with E-state index in [0.717, 1.165) is 5.56 Å². The van der Waals surface area contributed by atoms with Crippen LogP contribution in [0.1, 0.15) is 18.9 Å². The summed E-state index contributed by atoms with van der Waals surface area (Å²) in [6.45, 7) is 3.95. The minimum Gasteiger partial charge on any atom is -0.330 e. The Balaban J connectivity index is 2.76. The number of hydrogen-bond acceptors (Lipinski definition) is 2. The van der Waals surface area contributed by atoms with Gasteiger partial charge in [0.15, 0.2) is 0 Å². The fourth-order valence-corrected chi connectivity index (χ4v) is 1.42. The van der Waals surface area contributed by atoms with Crippen molar-refractivity contribution in [3.63, 3.8) is 0 Å². The molecule has 0 radical (unpaired) electrons. The summed E-state index contributed by atoms with van der Waals surface area (Å²) in [6.07, 6.45) is 0.649. The van der Waals surface area contributed by atoms with Crippen molar-refractivity contribution in [3.8, 4) is 0 Å². The third kappa shape index (κ3) is 3.03. The Kier molecular flexibility index (Phi) is 4.43. The van der Waals surface area contributed by atoms with Crippen molar-refractivity contribution in [1.82, 2.24) is 0 Å². The molecule has 0 spiro atoms. The second-order valence-electron chi connectivity index (χ2n) is 3.81. The predicted molar refractivity (Wildman–Crippen MR) is 62.6 cm³/mol. The Morgan fingerprint density at radius 1 is 1.56 bits per heavy atom. The zero-order valence-electron chi connectivity index (χ0n) is 9.59. The molecule has 3 nitrogen and oxygen atoms in total. The van der Waals surface area contributed by atoms with Crippen LogP contribution in [-0.4, -0.2) is 12.5 Å². The van der Waals surface area contributed by atoms with Crippen LogP contribution >= 0.6 is 0 Å². The van der Waals surface area contributed by atoms with Gasteiger partial charge in [-0.3, -0.25) is 4.79 Å². The Morgan fingerprint density at radius 3 is 2.75 bits per heavy atom. The molecular weight excluding hydrogens is 207 g/mol. The number of anilines is 1. The number of nitrogens with two attached hydrogens (primary N) is 1. The molecule has 1 atom stereocenters. The molecule has 16 heavy (non-hydrogen) atoms. The Hall–Kier alpha value is -1.42. The molecule has 0 aliphatic heterocycles. The van der Waals surface area contributed by atoms with Crippen molar-refractivity contribution in [2.75, 3.05) is 11.9 Å². The summed E-state index contributed by atoms with van der Waals surface area (Å²) < 4.78 is 13.4. The summed E-state index contributed by atoms with van der Waals surface area (Å²) in [5.41, 5.74) is 6.48. The second kappa shape index (κ2) is 5.61. The molecule has 1 amide bonds. The molecule has 88 valence electrons. The molecule has 0 fully saturated rings. The molecule has 0 aliphatic rings. The highest BCUT2D eigenvalue weighted by molar-refractivity contribution is 5.92. The monoisotopic (exact) mass is 224 g/mol. The van der Waals surface area contributed by atoms with E-state index in [1.54, 1.807) is 19.1 Å². The van der Waals surface area contributed by atoms with E-state index < -0.39 is 5.82 Å². The Morgan fingerprint density at radius 2 is 2.25 bits per heavy atom. The van der Waals surface area contributed by atoms with Gasteiger partial charge < -0.3 is 11.1 Å². The van der Waals surface area contributed by atoms with E-state index >= 15 is 0 Å². The summed E-state index contributed by atoms with van der Waals surface area (Å²) in [6, 6.07) is 4.70. The van der Waals surface area contributed by atoms with Gasteiger partial charge in [0.1, 0.15) is 5.82 Å². The van der Waals surface area contributed by atoms with Crippen molar-refractivity contribution in [2.45, 2.75) is 20.3 Å². The number of hydrogen-bond donors (Lipinski definition) is 2. The fraction of sp³-hybridized carbons (Fsp3) is 0.417. The van der Waals surface area contributed by atoms with Gasteiger partial charge in [0.2, 0.25) is 5.91 Å². The largest absolute Gasteiger partial charge is 0.330 e.